The molecule has 0 N–H and O–H groups in total. The zero-order valence-electron chi connectivity index (χ0n) is 13.9. The summed E-state index contributed by atoms with van der Waals surface area (Å²) in [7, 11) is 0. The average Bonchev–Trinajstić information content (AvgIpc) is 2.45. The second-order valence-corrected chi connectivity index (χ2v) is 7.14. The van der Waals surface area contributed by atoms with E-state index in [1.165, 1.54) is 11.8 Å². The fourth-order valence-corrected chi connectivity index (χ4v) is 2.71. The molecule has 1 aliphatic heterocycles. The molecule has 22 heavy (non-hydrogen) atoms. The number of ether oxygens (including phenoxy) is 1. The Hall–Kier alpha value is -1.50. The molecule has 1 aliphatic rings. The lowest BCUT2D eigenvalue weighted by molar-refractivity contribution is 0.0158. The van der Waals surface area contributed by atoms with Gasteiger partial charge in [0.15, 0.2) is 5.16 Å². The number of hydrogen-bond donors (Lipinski definition) is 0. The molecule has 1 aromatic heterocycles. The molecule has 2 rings (SSSR count). The fraction of sp³-hybridized carbons (Fsp3) is 0.667. The van der Waals surface area contributed by atoms with Crippen molar-refractivity contribution in [2.75, 3.05) is 30.8 Å². The van der Waals surface area contributed by atoms with Gasteiger partial charge in [0, 0.05) is 31.9 Å². The number of piperazine rings is 1. The van der Waals surface area contributed by atoms with Gasteiger partial charge >= 0.3 is 6.09 Å². The van der Waals surface area contributed by atoms with Crippen LogP contribution in [-0.4, -0.2) is 58.5 Å². The topological polar surface area (TPSA) is 58.6 Å². The first-order chi connectivity index (χ1) is 10.3. The quantitative estimate of drug-likeness (QED) is 0.616. The van der Waals surface area contributed by atoms with Crippen LogP contribution in [0.15, 0.2) is 17.4 Å². The van der Waals surface area contributed by atoms with Crippen LogP contribution in [0, 0.1) is 0 Å². The molecular weight excluding hydrogens is 300 g/mol. The van der Waals surface area contributed by atoms with Crippen LogP contribution in [-0.2, 0) is 4.74 Å². The first kappa shape index (κ1) is 16.9. The SMILES string of the molecule is CSc1nccc(N2CCN(C(=O)OC(C)(C)C)[C@H](C)C2)n1. The highest BCUT2D eigenvalue weighted by Crippen LogP contribution is 2.20. The number of nitrogens with zero attached hydrogens (tertiary/aromatic N) is 4. The minimum atomic E-state index is -0.464. The Balaban J connectivity index is 2.01. The number of aromatic nitrogens is 2. The van der Waals surface area contributed by atoms with Crippen LogP contribution in [0.2, 0.25) is 0 Å². The van der Waals surface area contributed by atoms with Gasteiger partial charge in [0.25, 0.3) is 0 Å². The number of rotatable bonds is 2. The molecule has 0 radical (unpaired) electrons. The molecule has 1 amide bonds. The Labute approximate surface area is 136 Å². The molecule has 122 valence electrons. The monoisotopic (exact) mass is 324 g/mol. The molecule has 1 saturated heterocycles. The summed E-state index contributed by atoms with van der Waals surface area (Å²) in [6.45, 7) is 9.81. The Kier molecular flexibility index (Phi) is 5.16. The maximum absolute atomic E-state index is 12.2. The summed E-state index contributed by atoms with van der Waals surface area (Å²) in [4.78, 5) is 24.9. The molecule has 1 fully saturated rings. The van der Waals surface area contributed by atoms with Crippen molar-refractivity contribution in [1.82, 2.24) is 14.9 Å². The van der Waals surface area contributed by atoms with Crippen molar-refractivity contribution in [3.8, 4) is 0 Å². The van der Waals surface area contributed by atoms with Gasteiger partial charge in [-0.2, -0.15) is 0 Å². The third kappa shape index (κ3) is 4.25. The van der Waals surface area contributed by atoms with Crippen molar-refractivity contribution >= 4 is 23.7 Å². The maximum atomic E-state index is 12.2. The van der Waals surface area contributed by atoms with Gasteiger partial charge in [-0.1, -0.05) is 11.8 Å². The molecule has 2 heterocycles. The lowest BCUT2D eigenvalue weighted by atomic mass is 10.2. The van der Waals surface area contributed by atoms with Crippen molar-refractivity contribution in [2.45, 2.75) is 44.5 Å². The Morgan fingerprint density at radius 3 is 2.73 bits per heavy atom. The van der Waals surface area contributed by atoms with E-state index in [0.717, 1.165) is 24.1 Å². The molecular formula is C15H24N4O2S. The van der Waals surface area contributed by atoms with Crippen molar-refractivity contribution in [3.63, 3.8) is 0 Å². The van der Waals surface area contributed by atoms with E-state index in [0.29, 0.717) is 6.54 Å². The second kappa shape index (κ2) is 6.73. The number of amides is 1. The van der Waals surface area contributed by atoms with E-state index < -0.39 is 5.60 Å². The van der Waals surface area contributed by atoms with Gasteiger partial charge in [0.2, 0.25) is 0 Å². The van der Waals surface area contributed by atoms with E-state index in [2.05, 4.69) is 14.9 Å². The average molecular weight is 324 g/mol. The van der Waals surface area contributed by atoms with Crippen LogP contribution in [0.5, 0.6) is 0 Å². The fourth-order valence-electron chi connectivity index (χ4n) is 2.36. The highest BCUT2D eigenvalue weighted by atomic mass is 32.2. The van der Waals surface area contributed by atoms with Crippen LogP contribution in [0.4, 0.5) is 10.6 Å². The van der Waals surface area contributed by atoms with Crippen LogP contribution >= 0.6 is 11.8 Å². The Morgan fingerprint density at radius 2 is 2.14 bits per heavy atom. The molecule has 0 bridgehead atoms. The first-order valence-electron chi connectivity index (χ1n) is 7.42. The second-order valence-electron chi connectivity index (χ2n) is 6.37. The normalized spacial score (nSPS) is 19.2. The van der Waals surface area contributed by atoms with Crippen molar-refractivity contribution < 1.29 is 9.53 Å². The number of carbonyl (C=O) groups excluding carboxylic acids is 1. The highest BCUT2D eigenvalue weighted by Gasteiger charge is 2.31. The Bertz CT molecular complexity index is 533. The van der Waals surface area contributed by atoms with Gasteiger partial charge < -0.3 is 14.5 Å². The van der Waals surface area contributed by atoms with Crippen molar-refractivity contribution in [3.05, 3.63) is 12.3 Å². The van der Waals surface area contributed by atoms with Gasteiger partial charge in [-0.05, 0) is 40.0 Å². The van der Waals surface area contributed by atoms with E-state index in [1.807, 2.05) is 40.0 Å². The summed E-state index contributed by atoms with van der Waals surface area (Å²) in [5.74, 6) is 0.912. The first-order valence-corrected chi connectivity index (χ1v) is 8.64. The molecule has 1 aromatic rings. The summed E-state index contributed by atoms with van der Waals surface area (Å²) in [5.41, 5.74) is -0.464. The molecule has 1 atom stereocenters. The zero-order valence-corrected chi connectivity index (χ0v) is 14.7. The summed E-state index contributed by atoms with van der Waals surface area (Å²) in [5, 5.41) is 0.764. The molecule has 7 heteroatoms. The molecule has 6 nitrogen and oxygen atoms in total. The number of anilines is 1. The van der Waals surface area contributed by atoms with E-state index >= 15 is 0 Å². The Morgan fingerprint density at radius 1 is 1.41 bits per heavy atom. The van der Waals surface area contributed by atoms with Gasteiger partial charge in [-0.15, -0.1) is 0 Å². The van der Waals surface area contributed by atoms with Crippen LogP contribution < -0.4 is 4.90 Å². The van der Waals surface area contributed by atoms with Gasteiger partial charge in [-0.25, -0.2) is 14.8 Å². The summed E-state index contributed by atoms with van der Waals surface area (Å²) in [6, 6.07) is 1.99. The lowest BCUT2D eigenvalue weighted by Crippen LogP contribution is -2.55. The van der Waals surface area contributed by atoms with Crippen molar-refractivity contribution in [1.29, 1.82) is 0 Å². The van der Waals surface area contributed by atoms with E-state index in [1.54, 1.807) is 11.1 Å². The maximum Gasteiger partial charge on any atom is 0.410 e. The zero-order chi connectivity index (χ0) is 16.3. The molecule has 0 spiro atoms. The van der Waals surface area contributed by atoms with Gasteiger partial charge in [0.05, 0.1) is 0 Å². The molecule has 0 aliphatic carbocycles. The van der Waals surface area contributed by atoms with Gasteiger partial charge in [-0.3, -0.25) is 0 Å². The van der Waals surface area contributed by atoms with Gasteiger partial charge in [0.1, 0.15) is 11.4 Å². The van der Waals surface area contributed by atoms with Crippen LogP contribution in [0.1, 0.15) is 27.7 Å². The lowest BCUT2D eigenvalue weighted by Gasteiger charge is -2.40. The number of carbonyl (C=O) groups is 1. The smallest absolute Gasteiger partial charge is 0.410 e. The summed E-state index contributed by atoms with van der Waals surface area (Å²) < 4.78 is 5.46. The third-order valence-corrected chi connectivity index (χ3v) is 3.94. The minimum absolute atomic E-state index is 0.0799. The van der Waals surface area contributed by atoms with E-state index in [-0.39, 0.29) is 12.1 Å². The molecule has 0 unspecified atom stereocenters. The van der Waals surface area contributed by atoms with Crippen LogP contribution in [0.25, 0.3) is 0 Å². The highest BCUT2D eigenvalue weighted by molar-refractivity contribution is 7.98. The predicted octanol–water partition coefficient (Wildman–Crippen LogP) is 2.64. The van der Waals surface area contributed by atoms with E-state index in [4.69, 9.17) is 4.74 Å². The number of thioether (sulfide) groups is 1. The van der Waals surface area contributed by atoms with Crippen molar-refractivity contribution in [2.24, 2.45) is 0 Å². The molecule has 0 aromatic carbocycles. The standard InChI is InChI=1S/C15H24N4O2S/c1-11-10-18(12-6-7-16-13(17-12)22-5)8-9-19(11)14(20)21-15(2,3)4/h6-7,11H,8-10H2,1-5H3/t11-/m1/s1. The van der Waals surface area contributed by atoms with E-state index in [9.17, 15) is 4.79 Å². The molecule has 0 saturated carbocycles. The van der Waals surface area contributed by atoms with Crippen LogP contribution in [0.3, 0.4) is 0 Å². The minimum Gasteiger partial charge on any atom is -0.444 e. The third-order valence-electron chi connectivity index (χ3n) is 3.38. The predicted molar refractivity (Wildman–Crippen MR) is 88.4 cm³/mol. The largest absolute Gasteiger partial charge is 0.444 e. The summed E-state index contributed by atoms with van der Waals surface area (Å²) in [6.07, 6.45) is 3.49. The summed E-state index contributed by atoms with van der Waals surface area (Å²) >= 11 is 1.53. The number of hydrogen-bond acceptors (Lipinski definition) is 6.